The van der Waals surface area contributed by atoms with Gasteiger partial charge in [0, 0.05) is 16.9 Å². The molecule has 0 saturated carbocycles. The number of ether oxygens (including phenoxy) is 2. The van der Waals surface area contributed by atoms with Gasteiger partial charge >= 0.3 is 5.97 Å². The van der Waals surface area contributed by atoms with Crippen LogP contribution >= 0.6 is 11.6 Å². The minimum atomic E-state index is -0.679. The van der Waals surface area contributed by atoms with Crippen LogP contribution in [0.4, 0.5) is 17.1 Å². The van der Waals surface area contributed by atoms with Crippen LogP contribution in [0.2, 0.25) is 0 Å². The average molecular weight is 596 g/mol. The fourth-order valence-corrected chi connectivity index (χ4v) is 4.40. The smallest absolute Gasteiger partial charge is 0.338 e. The Hall–Kier alpha value is -5.41. The number of halogens is 1. The van der Waals surface area contributed by atoms with Crippen molar-refractivity contribution in [3.63, 3.8) is 0 Å². The van der Waals surface area contributed by atoms with Gasteiger partial charge in [-0.2, -0.15) is 0 Å². The highest BCUT2D eigenvalue weighted by atomic mass is 35.5. The predicted octanol–water partition coefficient (Wildman–Crippen LogP) is 6.73. The van der Waals surface area contributed by atoms with Crippen LogP contribution in [0.3, 0.4) is 0 Å². The Morgan fingerprint density at radius 3 is 2.16 bits per heavy atom. The van der Waals surface area contributed by atoms with Gasteiger partial charge < -0.3 is 20.1 Å². The Morgan fingerprint density at radius 2 is 1.47 bits per heavy atom. The molecule has 43 heavy (non-hydrogen) atoms. The van der Waals surface area contributed by atoms with E-state index in [0.29, 0.717) is 40.7 Å². The maximum atomic E-state index is 13.3. The first-order valence-electron chi connectivity index (χ1n) is 13.4. The Kier molecular flexibility index (Phi) is 8.83. The lowest BCUT2D eigenvalue weighted by atomic mass is 10.1. The highest BCUT2D eigenvalue weighted by Crippen LogP contribution is 2.32. The van der Waals surface area contributed by atoms with Crippen molar-refractivity contribution in [2.75, 3.05) is 22.1 Å². The predicted molar refractivity (Wildman–Crippen MR) is 163 cm³/mol. The molecule has 0 atom stereocenters. The van der Waals surface area contributed by atoms with Gasteiger partial charge in [-0.1, -0.05) is 42.8 Å². The van der Waals surface area contributed by atoms with Gasteiger partial charge in [0.1, 0.15) is 22.2 Å². The third-order valence-corrected chi connectivity index (χ3v) is 6.66. The van der Waals surface area contributed by atoms with Gasteiger partial charge in [0.25, 0.3) is 17.7 Å². The highest BCUT2D eigenvalue weighted by molar-refractivity contribution is 6.53. The summed E-state index contributed by atoms with van der Waals surface area (Å²) in [5.74, 6) is -0.983. The van der Waals surface area contributed by atoms with E-state index in [4.69, 9.17) is 21.1 Å². The lowest BCUT2D eigenvalue weighted by Gasteiger charge is -2.16. The molecular weight excluding hydrogens is 570 g/mol. The van der Waals surface area contributed by atoms with Crippen LogP contribution in [-0.2, 0) is 14.3 Å². The summed E-state index contributed by atoms with van der Waals surface area (Å²) in [7, 11) is 0. The highest BCUT2D eigenvalue weighted by Gasteiger charge is 2.39. The summed E-state index contributed by atoms with van der Waals surface area (Å²) in [5.41, 5.74) is 1.74. The number of hydrogen-bond donors (Lipinski definition) is 2. The van der Waals surface area contributed by atoms with Gasteiger partial charge in [0.2, 0.25) is 0 Å². The third kappa shape index (κ3) is 6.74. The summed E-state index contributed by atoms with van der Waals surface area (Å²) in [5, 5.41) is 5.38. The molecule has 0 fully saturated rings. The van der Waals surface area contributed by atoms with Crippen LogP contribution in [0.5, 0.6) is 11.5 Å². The fraction of sp³-hybridized carbons (Fsp3) is 0.0909. The van der Waals surface area contributed by atoms with Gasteiger partial charge in [-0.25, -0.2) is 9.69 Å². The molecule has 5 rings (SSSR count). The molecule has 0 saturated heterocycles. The number of hydrogen-bond acceptors (Lipinski definition) is 7. The monoisotopic (exact) mass is 595 g/mol. The number of para-hydroxylation sites is 1. The average Bonchev–Trinajstić information content (AvgIpc) is 3.24. The summed E-state index contributed by atoms with van der Waals surface area (Å²) in [6.07, 6.45) is 0.721. The van der Waals surface area contributed by atoms with Gasteiger partial charge in [0.05, 0.1) is 17.9 Å². The zero-order valence-corrected chi connectivity index (χ0v) is 23.8. The number of rotatable bonds is 10. The number of nitrogens with zero attached hydrogens (tertiary/aromatic N) is 1. The first-order chi connectivity index (χ1) is 20.8. The van der Waals surface area contributed by atoms with Gasteiger partial charge in [-0.3, -0.25) is 14.4 Å². The van der Waals surface area contributed by atoms with Crippen molar-refractivity contribution >= 4 is 52.4 Å². The molecule has 3 amide bonds. The number of nitrogens with one attached hydrogen (secondary N) is 2. The molecule has 10 heteroatoms. The molecule has 0 radical (unpaired) electrons. The zero-order chi connectivity index (χ0) is 30.3. The number of anilines is 3. The lowest BCUT2D eigenvalue weighted by molar-refractivity contribution is -0.120. The van der Waals surface area contributed by atoms with E-state index in [0.717, 1.165) is 11.3 Å². The van der Waals surface area contributed by atoms with E-state index in [1.54, 1.807) is 66.7 Å². The number of amides is 3. The van der Waals surface area contributed by atoms with Crippen molar-refractivity contribution in [1.29, 1.82) is 0 Å². The molecule has 216 valence electrons. The molecule has 4 aromatic rings. The summed E-state index contributed by atoms with van der Waals surface area (Å²) < 4.78 is 10.9. The molecule has 1 heterocycles. The van der Waals surface area contributed by atoms with Gasteiger partial charge in [0.15, 0.2) is 0 Å². The molecule has 0 aromatic heterocycles. The third-order valence-electron chi connectivity index (χ3n) is 6.31. The second kappa shape index (κ2) is 13.1. The molecule has 0 spiro atoms. The summed E-state index contributed by atoms with van der Waals surface area (Å²) >= 11 is 6.30. The van der Waals surface area contributed by atoms with Crippen LogP contribution in [0.1, 0.15) is 34.1 Å². The van der Waals surface area contributed by atoms with Crippen molar-refractivity contribution in [2.24, 2.45) is 0 Å². The van der Waals surface area contributed by atoms with E-state index >= 15 is 0 Å². The number of benzene rings is 4. The second-order valence-electron chi connectivity index (χ2n) is 9.42. The van der Waals surface area contributed by atoms with Crippen LogP contribution < -0.4 is 20.3 Å². The Balaban J connectivity index is 1.24. The summed E-state index contributed by atoms with van der Waals surface area (Å²) in [6, 6.07) is 28.4. The van der Waals surface area contributed by atoms with Crippen LogP contribution in [-0.4, -0.2) is 30.3 Å². The van der Waals surface area contributed by atoms with Crippen LogP contribution in [0.15, 0.2) is 114 Å². The van der Waals surface area contributed by atoms with Crippen LogP contribution in [0.25, 0.3) is 0 Å². The maximum Gasteiger partial charge on any atom is 0.338 e. The van der Waals surface area contributed by atoms with Crippen molar-refractivity contribution in [3.8, 4) is 11.5 Å². The maximum absolute atomic E-state index is 13.3. The minimum Gasteiger partial charge on any atom is -0.462 e. The molecule has 0 bridgehead atoms. The fourth-order valence-electron chi connectivity index (χ4n) is 4.19. The Morgan fingerprint density at radius 1 is 0.767 bits per heavy atom. The summed E-state index contributed by atoms with van der Waals surface area (Å²) in [6.45, 7) is 2.24. The largest absolute Gasteiger partial charge is 0.462 e. The summed E-state index contributed by atoms with van der Waals surface area (Å²) in [4.78, 5) is 52.1. The SMILES string of the molecule is CCCOC(=O)c1ccc(NC(=O)c2cccc(NC3=C(Cl)C(=O)N(c4ccc(Oc5ccccc5)cc4)C3=O)c2)cc1. The van der Waals surface area contributed by atoms with E-state index in [2.05, 4.69) is 10.6 Å². The molecule has 1 aliphatic rings. The molecule has 9 nitrogen and oxygen atoms in total. The van der Waals surface area contributed by atoms with E-state index in [1.165, 1.54) is 6.07 Å². The standard InChI is InChI=1S/C33H26ClN3O6/c1-2-19-42-33(41)21-11-13-23(14-12-21)36-30(38)22-7-6-8-24(20-22)35-29-28(34)31(39)37(32(29)40)25-15-17-27(18-16-25)43-26-9-4-3-5-10-26/h3-18,20,35H,2,19H2,1H3,(H,36,38). The second-order valence-corrected chi connectivity index (χ2v) is 9.79. The van der Waals surface area contributed by atoms with Crippen molar-refractivity contribution in [1.82, 2.24) is 0 Å². The number of carbonyl (C=O) groups is 4. The normalized spacial score (nSPS) is 12.7. The van der Waals surface area contributed by atoms with Crippen molar-refractivity contribution in [2.45, 2.75) is 13.3 Å². The number of carbonyl (C=O) groups excluding carboxylic acids is 4. The Labute approximate surface area is 252 Å². The minimum absolute atomic E-state index is 0.112. The van der Waals surface area contributed by atoms with Crippen molar-refractivity contribution in [3.05, 3.63) is 125 Å². The molecule has 2 N–H and O–H groups in total. The van der Waals surface area contributed by atoms with Crippen molar-refractivity contribution < 1.29 is 28.7 Å². The molecule has 0 aliphatic carbocycles. The topological polar surface area (TPSA) is 114 Å². The van der Waals surface area contributed by atoms with E-state index in [9.17, 15) is 19.2 Å². The number of esters is 1. The number of imide groups is 1. The molecule has 1 aliphatic heterocycles. The van der Waals surface area contributed by atoms with Crippen LogP contribution in [0, 0.1) is 0 Å². The van der Waals surface area contributed by atoms with E-state index in [1.807, 2.05) is 37.3 Å². The molecule has 0 unspecified atom stereocenters. The molecular formula is C33H26ClN3O6. The first kappa shape index (κ1) is 29.1. The van der Waals surface area contributed by atoms with Gasteiger partial charge in [-0.05, 0) is 85.3 Å². The zero-order valence-electron chi connectivity index (χ0n) is 23.0. The first-order valence-corrected chi connectivity index (χ1v) is 13.8. The quantitative estimate of drug-likeness (QED) is 0.154. The Bertz CT molecular complexity index is 1700. The lowest BCUT2D eigenvalue weighted by Crippen LogP contribution is -2.32. The van der Waals surface area contributed by atoms with Gasteiger partial charge in [-0.15, -0.1) is 0 Å². The molecule has 4 aromatic carbocycles. The van der Waals surface area contributed by atoms with E-state index in [-0.39, 0.29) is 16.3 Å². The van der Waals surface area contributed by atoms with E-state index < -0.39 is 23.7 Å².